The zero-order chi connectivity index (χ0) is 13.9. The third kappa shape index (κ3) is 2.75. The van der Waals surface area contributed by atoms with Crippen molar-refractivity contribution in [3.8, 4) is 0 Å². The lowest BCUT2D eigenvalue weighted by atomic mass is 10.0. The molecule has 1 atom stereocenters. The summed E-state index contributed by atoms with van der Waals surface area (Å²) in [6.07, 6.45) is 6.35. The Bertz CT molecular complexity index is 575. The normalized spacial score (nSPS) is 17.5. The van der Waals surface area contributed by atoms with Crippen molar-refractivity contribution in [3.63, 3.8) is 0 Å². The lowest BCUT2D eigenvalue weighted by molar-refractivity contribution is 0.172. The van der Waals surface area contributed by atoms with E-state index in [1.54, 1.807) is 18.2 Å². The van der Waals surface area contributed by atoms with Gasteiger partial charge in [0.15, 0.2) is 0 Å². The number of benzene rings is 1. The lowest BCUT2D eigenvalue weighted by Gasteiger charge is -2.11. The summed E-state index contributed by atoms with van der Waals surface area (Å²) >= 11 is 0. The van der Waals surface area contributed by atoms with E-state index in [1.165, 1.54) is 31.7 Å². The molecule has 0 saturated heterocycles. The number of aliphatic hydroxyl groups is 1. The maximum Gasteiger partial charge on any atom is 0.129 e. The molecule has 1 heterocycles. The Morgan fingerprint density at radius 2 is 2.00 bits per heavy atom. The van der Waals surface area contributed by atoms with Crippen molar-refractivity contribution in [2.45, 2.75) is 44.2 Å². The second kappa shape index (κ2) is 5.75. The molecule has 1 N–H and O–H groups in total. The van der Waals surface area contributed by atoms with Gasteiger partial charge in [-0.05, 0) is 25.0 Å². The zero-order valence-electron chi connectivity index (χ0n) is 11.4. The van der Waals surface area contributed by atoms with E-state index < -0.39 is 6.10 Å². The first-order valence-corrected chi connectivity index (χ1v) is 7.20. The molecule has 20 heavy (non-hydrogen) atoms. The summed E-state index contributed by atoms with van der Waals surface area (Å²) < 4.78 is 15.6. The van der Waals surface area contributed by atoms with Crippen LogP contribution in [0.5, 0.6) is 0 Å². The monoisotopic (exact) mass is 274 g/mol. The summed E-state index contributed by atoms with van der Waals surface area (Å²) in [6.45, 7) is 0. The lowest BCUT2D eigenvalue weighted by Crippen LogP contribution is -2.08. The molecular weight excluding hydrogens is 255 g/mol. The van der Waals surface area contributed by atoms with Gasteiger partial charge >= 0.3 is 0 Å². The molecule has 0 aliphatic heterocycles. The van der Waals surface area contributed by atoms with Crippen molar-refractivity contribution >= 4 is 0 Å². The van der Waals surface area contributed by atoms with Crippen LogP contribution in [0.2, 0.25) is 0 Å². The molecule has 1 aromatic heterocycles. The van der Waals surface area contributed by atoms with Gasteiger partial charge in [-0.15, -0.1) is 0 Å². The molecule has 1 unspecified atom stereocenters. The summed E-state index contributed by atoms with van der Waals surface area (Å²) in [5, 5.41) is 14.7. The van der Waals surface area contributed by atoms with Crippen LogP contribution in [-0.2, 0) is 6.42 Å². The van der Waals surface area contributed by atoms with E-state index >= 15 is 0 Å². The van der Waals surface area contributed by atoms with Crippen LogP contribution in [0.15, 0.2) is 36.5 Å². The van der Waals surface area contributed by atoms with Crippen LogP contribution in [0.4, 0.5) is 4.39 Å². The number of halogens is 1. The minimum absolute atomic E-state index is 0.336. The predicted octanol–water partition coefficient (Wildman–Crippen LogP) is 3.41. The number of rotatable bonds is 4. The van der Waals surface area contributed by atoms with Gasteiger partial charge in [0, 0.05) is 18.2 Å². The SMILES string of the molecule is OC(Cc1ccn(C2CCCC2)n1)c1ccccc1F. The number of aromatic nitrogens is 2. The Balaban J connectivity index is 1.70. The standard InChI is InChI=1S/C16H19FN2O/c17-15-8-4-3-7-14(15)16(20)11-12-9-10-19(18-12)13-5-1-2-6-13/h3-4,7-10,13,16,20H,1-2,5-6,11H2. The summed E-state index contributed by atoms with van der Waals surface area (Å²) in [4.78, 5) is 0. The van der Waals surface area contributed by atoms with Crippen molar-refractivity contribution in [1.82, 2.24) is 9.78 Å². The van der Waals surface area contributed by atoms with E-state index in [0.717, 1.165) is 5.69 Å². The zero-order valence-corrected chi connectivity index (χ0v) is 11.4. The second-order valence-corrected chi connectivity index (χ2v) is 5.47. The van der Waals surface area contributed by atoms with Gasteiger partial charge in [-0.25, -0.2) is 4.39 Å². The average Bonchev–Trinajstić information content (AvgIpc) is 3.09. The van der Waals surface area contributed by atoms with E-state index in [4.69, 9.17) is 0 Å². The average molecular weight is 274 g/mol. The molecule has 4 heteroatoms. The van der Waals surface area contributed by atoms with E-state index in [-0.39, 0.29) is 5.82 Å². The number of aliphatic hydroxyl groups excluding tert-OH is 1. The largest absolute Gasteiger partial charge is 0.388 e. The number of nitrogens with zero attached hydrogens (tertiary/aromatic N) is 2. The third-order valence-corrected chi connectivity index (χ3v) is 4.03. The fraction of sp³-hybridized carbons (Fsp3) is 0.438. The maximum absolute atomic E-state index is 13.6. The number of hydrogen-bond acceptors (Lipinski definition) is 2. The van der Waals surface area contributed by atoms with Gasteiger partial charge < -0.3 is 5.11 Å². The van der Waals surface area contributed by atoms with Crippen molar-refractivity contribution < 1.29 is 9.50 Å². The molecule has 3 rings (SSSR count). The van der Waals surface area contributed by atoms with Gasteiger partial charge in [-0.2, -0.15) is 5.10 Å². The van der Waals surface area contributed by atoms with E-state index in [2.05, 4.69) is 5.10 Å². The quantitative estimate of drug-likeness (QED) is 0.927. The topological polar surface area (TPSA) is 38.0 Å². The first kappa shape index (κ1) is 13.3. The Morgan fingerprint density at radius 1 is 1.25 bits per heavy atom. The fourth-order valence-corrected chi connectivity index (χ4v) is 2.91. The van der Waals surface area contributed by atoms with E-state index in [0.29, 0.717) is 18.0 Å². The van der Waals surface area contributed by atoms with E-state index in [1.807, 2.05) is 16.9 Å². The minimum Gasteiger partial charge on any atom is -0.388 e. The van der Waals surface area contributed by atoms with Crippen LogP contribution >= 0.6 is 0 Å². The van der Waals surface area contributed by atoms with Crippen LogP contribution in [0, 0.1) is 5.82 Å². The van der Waals surface area contributed by atoms with Crippen LogP contribution in [0.3, 0.4) is 0 Å². The summed E-state index contributed by atoms with van der Waals surface area (Å²) in [5.74, 6) is -0.366. The Hall–Kier alpha value is -1.68. The Labute approximate surface area is 118 Å². The van der Waals surface area contributed by atoms with Gasteiger partial charge in [0.2, 0.25) is 0 Å². The smallest absolute Gasteiger partial charge is 0.129 e. The summed E-state index contributed by atoms with van der Waals surface area (Å²) in [6, 6.07) is 8.76. The van der Waals surface area contributed by atoms with Crippen LogP contribution in [-0.4, -0.2) is 14.9 Å². The highest BCUT2D eigenvalue weighted by Crippen LogP contribution is 2.29. The number of hydrogen-bond donors (Lipinski definition) is 1. The van der Waals surface area contributed by atoms with Crippen molar-refractivity contribution in [3.05, 3.63) is 53.6 Å². The summed E-state index contributed by atoms with van der Waals surface area (Å²) in [7, 11) is 0. The third-order valence-electron chi connectivity index (χ3n) is 4.03. The molecule has 3 nitrogen and oxygen atoms in total. The molecule has 1 fully saturated rings. The van der Waals surface area contributed by atoms with Gasteiger partial charge in [-0.3, -0.25) is 4.68 Å². The molecule has 0 amide bonds. The highest BCUT2D eigenvalue weighted by atomic mass is 19.1. The molecule has 0 bridgehead atoms. The first-order valence-electron chi connectivity index (χ1n) is 7.20. The molecule has 2 aromatic rings. The Kier molecular flexibility index (Phi) is 3.83. The van der Waals surface area contributed by atoms with Gasteiger partial charge in [0.1, 0.15) is 5.82 Å². The predicted molar refractivity (Wildman–Crippen MR) is 74.8 cm³/mol. The van der Waals surface area contributed by atoms with Crippen LogP contribution in [0.25, 0.3) is 0 Å². The van der Waals surface area contributed by atoms with Crippen LogP contribution in [0.1, 0.15) is 49.1 Å². The van der Waals surface area contributed by atoms with E-state index in [9.17, 15) is 9.50 Å². The molecule has 1 aliphatic carbocycles. The van der Waals surface area contributed by atoms with Crippen molar-refractivity contribution in [2.24, 2.45) is 0 Å². The molecule has 106 valence electrons. The van der Waals surface area contributed by atoms with Crippen molar-refractivity contribution in [2.75, 3.05) is 0 Å². The van der Waals surface area contributed by atoms with Gasteiger partial charge in [0.05, 0.1) is 17.8 Å². The molecular formula is C16H19FN2O. The van der Waals surface area contributed by atoms with Gasteiger partial charge in [0.25, 0.3) is 0 Å². The molecule has 0 spiro atoms. The van der Waals surface area contributed by atoms with Crippen molar-refractivity contribution in [1.29, 1.82) is 0 Å². The second-order valence-electron chi connectivity index (χ2n) is 5.47. The molecule has 1 saturated carbocycles. The Morgan fingerprint density at radius 3 is 2.75 bits per heavy atom. The fourth-order valence-electron chi connectivity index (χ4n) is 2.91. The molecule has 1 aromatic carbocycles. The highest BCUT2D eigenvalue weighted by Gasteiger charge is 2.19. The minimum atomic E-state index is -0.844. The van der Waals surface area contributed by atoms with Crippen LogP contribution < -0.4 is 0 Å². The molecule has 1 aliphatic rings. The highest BCUT2D eigenvalue weighted by molar-refractivity contribution is 5.21. The first-order chi connectivity index (χ1) is 9.74. The molecule has 0 radical (unpaired) electrons. The summed E-state index contributed by atoms with van der Waals surface area (Å²) in [5.41, 5.74) is 1.15. The maximum atomic E-state index is 13.6. The van der Waals surface area contributed by atoms with Gasteiger partial charge in [-0.1, -0.05) is 31.0 Å².